The number of halogens is 1. The van der Waals surface area contributed by atoms with Crippen molar-refractivity contribution in [1.29, 1.82) is 0 Å². The first kappa shape index (κ1) is 19.9. The molecule has 1 saturated carbocycles. The number of nitrogens with two attached hydrogens (primary N) is 1. The molecule has 0 spiro atoms. The van der Waals surface area contributed by atoms with Crippen molar-refractivity contribution in [3.05, 3.63) is 23.8 Å². The fourth-order valence-electron chi connectivity index (χ4n) is 3.68. The third-order valence-corrected chi connectivity index (χ3v) is 5.60. The van der Waals surface area contributed by atoms with E-state index in [-0.39, 0.29) is 42.5 Å². The van der Waals surface area contributed by atoms with Gasteiger partial charge < -0.3 is 20.5 Å². The van der Waals surface area contributed by atoms with E-state index >= 15 is 0 Å². The molecule has 1 amide bonds. The molecule has 3 N–H and O–H groups in total. The van der Waals surface area contributed by atoms with Gasteiger partial charge in [-0.2, -0.15) is 0 Å². The molecule has 1 aromatic carbocycles. The molecule has 0 saturated heterocycles. The van der Waals surface area contributed by atoms with E-state index in [0.717, 1.165) is 24.3 Å². The van der Waals surface area contributed by atoms with E-state index in [4.69, 9.17) is 15.2 Å². The molecule has 1 aliphatic carbocycles. The van der Waals surface area contributed by atoms with Gasteiger partial charge in [-0.05, 0) is 37.5 Å². The second-order valence-corrected chi connectivity index (χ2v) is 7.27. The van der Waals surface area contributed by atoms with Crippen LogP contribution in [0.5, 0.6) is 11.5 Å². The van der Waals surface area contributed by atoms with Gasteiger partial charge in [0.1, 0.15) is 0 Å². The molecule has 3 rings (SSSR count). The third kappa shape index (κ3) is 4.21. The number of fused-ring (bicyclic) bond motifs is 1. The number of hydrogen-bond acceptors (Lipinski definition) is 4. The second kappa shape index (κ2) is 8.28. The van der Waals surface area contributed by atoms with Crippen LogP contribution in [0.3, 0.4) is 0 Å². The Morgan fingerprint density at radius 1 is 1.20 bits per heavy atom. The van der Waals surface area contributed by atoms with Crippen molar-refractivity contribution >= 4 is 18.3 Å². The molecular formula is C19H29ClN2O3. The average Bonchev–Trinajstić information content (AvgIpc) is 3.07. The van der Waals surface area contributed by atoms with Crippen LogP contribution in [0.1, 0.15) is 51.5 Å². The molecule has 1 aromatic rings. The molecule has 1 fully saturated rings. The average molecular weight is 369 g/mol. The molecule has 25 heavy (non-hydrogen) atoms. The first-order chi connectivity index (χ1) is 11.5. The maximum Gasteiger partial charge on any atom is 0.231 e. The standard InChI is InChI=1S/C19H28N2O3.ClH/c1-13(14(2)20)18(22)21-11-19(8-4-3-5-9-19)15-6-7-16-17(10-15)24-12-23-16;/h6-7,10,13-14H,3-5,8-9,11-12,20H2,1-2H3,(H,21,22);1H. The zero-order chi connectivity index (χ0) is 17.2. The molecule has 0 bridgehead atoms. The summed E-state index contributed by atoms with van der Waals surface area (Å²) in [4.78, 5) is 12.4. The molecule has 2 aliphatic rings. The van der Waals surface area contributed by atoms with Crippen LogP contribution in [0.4, 0.5) is 0 Å². The molecule has 0 radical (unpaired) electrons. The van der Waals surface area contributed by atoms with Gasteiger partial charge in [0.15, 0.2) is 11.5 Å². The van der Waals surface area contributed by atoms with Crippen LogP contribution in [0.2, 0.25) is 0 Å². The van der Waals surface area contributed by atoms with Crippen LogP contribution in [-0.4, -0.2) is 25.3 Å². The lowest BCUT2D eigenvalue weighted by molar-refractivity contribution is -0.125. The summed E-state index contributed by atoms with van der Waals surface area (Å²) in [5.41, 5.74) is 7.07. The predicted octanol–water partition coefficient (Wildman–Crippen LogP) is 3.14. The number of rotatable bonds is 5. The number of hydrogen-bond donors (Lipinski definition) is 2. The van der Waals surface area contributed by atoms with E-state index in [1.54, 1.807) is 0 Å². The molecule has 5 nitrogen and oxygen atoms in total. The minimum Gasteiger partial charge on any atom is -0.454 e. The van der Waals surface area contributed by atoms with Gasteiger partial charge in [0.25, 0.3) is 0 Å². The maximum atomic E-state index is 12.4. The normalized spacial score (nSPS) is 20.3. The SMILES string of the molecule is CC(N)C(C)C(=O)NCC1(c2ccc3c(c2)OCO3)CCCCC1.Cl. The van der Waals surface area contributed by atoms with E-state index < -0.39 is 0 Å². The topological polar surface area (TPSA) is 73.6 Å². The number of amides is 1. The van der Waals surface area contributed by atoms with Crippen LogP contribution >= 0.6 is 12.4 Å². The number of ether oxygens (including phenoxy) is 2. The third-order valence-electron chi connectivity index (χ3n) is 5.60. The smallest absolute Gasteiger partial charge is 0.231 e. The van der Waals surface area contributed by atoms with Gasteiger partial charge in [-0.1, -0.05) is 32.3 Å². The van der Waals surface area contributed by atoms with Crippen LogP contribution in [-0.2, 0) is 10.2 Å². The number of carbonyl (C=O) groups is 1. The molecular weight excluding hydrogens is 340 g/mol. The number of carbonyl (C=O) groups excluding carboxylic acids is 1. The van der Waals surface area contributed by atoms with Gasteiger partial charge in [-0.3, -0.25) is 4.79 Å². The lowest BCUT2D eigenvalue weighted by Gasteiger charge is -2.38. The van der Waals surface area contributed by atoms with Crippen molar-refractivity contribution < 1.29 is 14.3 Å². The van der Waals surface area contributed by atoms with Gasteiger partial charge in [-0.25, -0.2) is 0 Å². The Balaban J connectivity index is 0.00000225. The van der Waals surface area contributed by atoms with Crippen molar-refractivity contribution in [2.45, 2.75) is 57.4 Å². The quantitative estimate of drug-likeness (QED) is 0.837. The summed E-state index contributed by atoms with van der Waals surface area (Å²) in [6, 6.07) is 6.06. The van der Waals surface area contributed by atoms with E-state index in [1.807, 2.05) is 19.9 Å². The van der Waals surface area contributed by atoms with Crippen LogP contribution in [0, 0.1) is 5.92 Å². The highest BCUT2D eigenvalue weighted by molar-refractivity contribution is 5.85. The minimum atomic E-state index is -0.178. The van der Waals surface area contributed by atoms with Crippen LogP contribution in [0.25, 0.3) is 0 Å². The predicted molar refractivity (Wildman–Crippen MR) is 100 cm³/mol. The molecule has 1 aliphatic heterocycles. The van der Waals surface area contributed by atoms with Crippen molar-refractivity contribution in [3.8, 4) is 11.5 Å². The Morgan fingerprint density at radius 3 is 2.56 bits per heavy atom. The van der Waals surface area contributed by atoms with E-state index in [2.05, 4.69) is 17.4 Å². The summed E-state index contributed by atoms with van der Waals surface area (Å²) in [6.07, 6.45) is 5.80. The monoisotopic (exact) mass is 368 g/mol. The molecule has 0 aromatic heterocycles. The second-order valence-electron chi connectivity index (χ2n) is 7.27. The summed E-state index contributed by atoms with van der Waals surface area (Å²) in [7, 11) is 0. The van der Waals surface area contributed by atoms with Crippen molar-refractivity contribution in [2.75, 3.05) is 13.3 Å². The van der Waals surface area contributed by atoms with Crippen molar-refractivity contribution in [1.82, 2.24) is 5.32 Å². The fourth-order valence-corrected chi connectivity index (χ4v) is 3.68. The largest absolute Gasteiger partial charge is 0.454 e. The van der Waals surface area contributed by atoms with Gasteiger partial charge in [0.05, 0.1) is 0 Å². The Hall–Kier alpha value is -1.46. The first-order valence-corrected chi connectivity index (χ1v) is 8.95. The molecule has 2 unspecified atom stereocenters. The first-order valence-electron chi connectivity index (χ1n) is 8.95. The van der Waals surface area contributed by atoms with E-state index in [0.29, 0.717) is 6.54 Å². The zero-order valence-electron chi connectivity index (χ0n) is 15.0. The zero-order valence-corrected chi connectivity index (χ0v) is 15.9. The molecule has 2 atom stereocenters. The van der Waals surface area contributed by atoms with Gasteiger partial charge in [0, 0.05) is 23.9 Å². The summed E-state index contributed by atoms with van der Waals surface area (Å²) >= 11 is 0. The minimum absolute atomic E-state index is 0. The van der Waals surface area contributed by atoms with Gasteiger partial charge >= 0.3 is 0 Å². The Bertz CT molecular complexity index is 600. The highest BCUT2D eigenvalue weighted by atomic mass is 35.5. The Labute approximate surface area is 156 Å². The van der Waals surface area contributed by atoms with Crippen molar-refractivity contribution in [3.63, 3.8) is 0 Å². The lowest BCUT2D eigenvalue weighted by Crippen LogP contribution is -2.46. The Kier molecular flexibility index (Phi) is 6.58. The summed E-state index contributed by atoms with van der Waals surface area (Å²) < 4.78 is 11.0. The summed E-state index contributed by atoms with van der Waals surface area (Å²) in [5, 5.41) is 3.15. The van der Waals surface area contributed by atoms with Crippen molar-refractivity contribution in [2.24, 2.45) is 11.7 Å². The van der Waals surface area contributed by atoms with Gasteiger partial charge in [-0.15, -0.1) is 12.4 Å². The maximum absolute atomic E-state index is 12.4. The number of nitrogens with one attached hydrogen (secondary N) is 1. The number of benzene rings is 1. The highest BCUT2D eigenvalue weighted by Crippen LogP contribution is 2.43. The summed E-state index contributed by atoms with van der Waals surface area (Å²) in [6.45, 7) is 4.70. The van der Waals surface area contributed by atoms with Crippen LogP contribution in [0.15, 0.2) is 18.2 Å². The highest BCUT2D eigenvalue weighted by Gasteiger charge is 2.36. The van der Waals surface area contributed by atoms with Gasteiger partial charge in [0.2, 0.25) is 12.7 Å². The lowest BCUT2D eigenvalue weighted by atomic mass is 9.69. The van der Waals surface area contributed by atoms with Crippen LogP contribution < -0.4 is 20.5 Å². The molecule has 140 valence electrons. The van der Waals surface area contributed by atoms with E-state index in [9.17, 15) is 4.79 Å². The molecule has 6 heteroatoms. The fraction of sp³-hybridized carbons (Fsp3) is 0.632. The van der Waals surface area contributed by atoms with E-state index in [1.165, 1.54) is 24.8 Å². The summed E-state index contributed by atoms with van der Waals surface area (Å²) in [5.74, 6) is 1.48. The Morgan fingerprint density at radius 2 is 1.88 bits per heavy atom. The molecule has 1 heterocycles.